The number of halogens is 1. The number of aliphatic imine (C=N–C) groups is 1. The molecule has 0 fully saturated rings. The van der Waals surface area contributed by atoms with E-state index >= 15 is 0 Å². The van der Waals surface area contributed by atoms with Crippen LogP contribution in [0.3, 0.4) is 0 Å². The molecule has 0 aliphatic carbocycles. The van der Waals surface area contributed by atoms with Gasteiger partial charge in [-0.15, -0.1) is 0 Å². The van der Waals surface area contributed by atoms with E-state index in [1.54, 1.807) is 38.6 Å². The minimum Gasteiger partial charge on any atom is -0.493 e. The molecule has 3 N–H and O–H groups in total. The average molecular weight is 396 g/mol. The van der Waals surface area contributed by atoms with Crippen LogP contribution in [0, 0.1) is 5.82 Å². The number of pyridine rings is 1. The van der Waals surface area contributed by atoms with Crippen molar-refractivity contribution in [1.82, 2.24) is 4.98 Å². The molecule has 7 nitrogen and oxygen atoms in total. The number of hydrogen-bond acceptors (Lipinski definition) is 5. The molecule has 0 saturated heterocycles. The topological polar surface area (TPSA) is 91.0 Å². The molecule has 0 unspecified atom stereocenters. The first kappa shape index (κ1) is 19.9. The largest absolute Gasteiger partial charge is 0.493 e. The van der Waals surface area contributed by atoms with Gasteiger partial charge in [0.25, 0.3) is 0 Å². The van der Waals surface area contributed by atoms with Crippen molar-refractivity contribution in [2.24, 2.45) is 10.7 Å². The highest BCUT2D eigenvalue weighted by molar-refractivity contribution is 5.92. The van der Waals surface area contributed by atoms with Crippen molar-refractivity contribution in [2.45, 2.75) is 6.54 Å². The fourth-order valence-electron chi connectivity index (χ4n) is 2.51. The minimum absolute atomic E-state index is 0.245. The van der Waals surface area contributed by atoms with Gasteiger partial charge in [0.15, 0.2) is 17.5 Å². The van der Waals surface area contributed by atoms with E-state index < -0.39 is 0 Å². The molecule has 0 spiro atoms. The summed E-state index contributed by atoms with van der Waals surface area (Å²) in [4.78, 5) is 8.48. The van der Waals surface area contributed by atoms with Crippen molar-refractivity contribution in [3.8, 4) is 23.1 Å². The molecule has 1 aromatic heterocycles. The number of hydrogen-bond donors (Lipinski definition) is 2. The predicted molar refractivity (Wildman–Crippen MR) is 109 cm³/mol. The van der Waals surface area contributed by atoms with E-state index in [2.05, 4.69) is 15.3 Å². The zero-order chi connectivity index (χ0) is 20.6. The van der Waals surface area contributed by atoms with Crippen LogP contribution in [0.15, 0.2) is 65.8 Å². The second-order valence-electron chi connectivity index (χ2n) is 5.95. The van der Waals surface area contributed by atoms with Crippen molar-refractivity contribution in [2.75, 3.05) is 19.5 Å². The van der Waals surface area contributed by atoms with Gasteiger partial charge in [0.2, 0.25) is 5.88 Å². The van der Waals surface area contributed by atoms with Gasteiger partial charge in [-0.25, -0.2) is 14.4 Å². The lowest BCUT2D eigenvalue weighted by molar-refractivity contribution is 0.355. The molecule has 0 saturated carbocycles. The Morgan fingerprint density at radius 3 is 2.52 bits per heavy atom. The van der Waals surface area contributed by atoms with Gasteiger partial charge in [-0.05, 0) is 48.0 Å². The number of guanidine groups is 1. The molecule has 0 amide bonds. The highest BCUT2D eigenvalue weighted by atomic mass is 19.1. The van der Waals surface area contributed by atoms with Gasteiger partial charge in [0.1, 0.15) is 11.6 Å². The first-order chi connectivity index (χ1) is 14.1. The molecule has 8 heteroatoms. The van der Waals surface area contributed by atoms with Crippen LogP contribution >= 0.6 is 0 Å². The molecule has 1 heterocycles. The number of nitrogens with one attached hydrogen (secondary N) is 1. The lowest BCUT2D eigenvalue weighted by Gasteiger charge is -2.11. The van der Waals surface area contributed by atoms with Gasteiger partial charge < -0.3 is 25.3 Å². The van der Waals surface area contributed by atoms with E-state index in [1.807, 2.05) is 12.1 Å². The van der Waals surface area contributed by atoms with Crippen LogP contribution in [0.5, 0.6) is 23.1 Å². The van der Waals surface area contributed by atoms with Gasteiger partial charge >= 0.3 is 0 Å². The molecule has 29 heavy (non-hydrogen) atoms. The van der Waals surface area contributed by atoms with Crippen LogP contribution in [0.25, 0.3) is 0 Å². The summed E-state index contributed by atoms with van der Waals surface area (Å²) >= 11 is 0. The molecule has 0 radical (unpaired) electrons. The second kappa shape index (κ2) is 9.41. The molecule has 0 atom stereocenters. The summed E-state index contributed by atoms with van der Waals surface area (Å²) < 4.78 is 29.1. The number of aromatic nitrogens is 1. The van der Waals surface area contributed by atoms with Crippen LogP contribution in [0.4, 0.5) is 10.1 Å². The van der Waals surface area contributed by atoms with Crippen molar-refractivity contribution in [3.63, 3.8) is 0 Å². The SMILES string of the molecule is COc1ccc(NC(N)=NCc2ccnc(Oc3ccc(F)cc3)c2)cc1OC. The van der Waals surface area contributed by atoms with Gasteiger partial charge in [-0.1, -0.05) is 0 Å². The van der Waals surface area contributed by atoms with Crippen LogP contribution in [0.2, 0.25) is 0 Å². The first-order valence-electron chi connectivity index (χ1n) is 8.74. The van der Waals surface area contributed by atoms with Crippen molar-refractivity contribution >= 4 is 11.6 Å². The van der Waals surface area contributed by atoms with Crippen LogP contribution < -0.4 is 25.3 Å². The lowest BCUT2D eigenvalue weighted by Crippen LogP contribution is -2.22. The fraction of sp³-hybridized carbons (Fsp3) is 0.143. The highest BCUT2D eigenvalue weighted by Gasteiger charge is 2.05. The number of ether oxygens (including phenoxy) is 3. The molecule has 3 rings (SSSR count). The van der Waals surface area contributed by atoms with Crippen molar-refractivity contribution in [1.29, 1.82) is 0 Å². The van der Waals surface area contributed by atoms with E-state index in [1.165, 1.54) is 24.3 Å². The average Bonchev–Trinajstić information content (AvgIpc) is 2.74. The second-order valence-corrected chi connectivity index (χ2v) is 5.95. The number of nitrogens with two attached hydrogens (primary N) is 1. The third-order valence-electron chi connectivity index (χ3n) is 3.92. The monoisotopic (exact) mass is 396 g/mol. The van der Waals surface area contributed by atoms with Crippen LogP contribution in [-0.2, 0) is 6.54 Å². The maximum absolute atomic E-state index is 13.0. The maximum Gasteiger partial charge on any atom is 0.219 e. The molecule has 0 bridgehead atoms. The van der Waals surface area contributed by atoms with Crippen molar-refractivity contribution in [3.05, 3.63) is 72.2 Å². The highest BCUT2D eigenvalue weighted by Crippen LogP contribution is 2.29. The predicted octanol–water partition coefficient (Wildman–Crippen LogP) is 3.96. The van der Waals surface area contributed by atoms with E-state index in [9.17, 15) is 4.39 Å². The Labute approximate surface area is 168 Å². The molecular weight excluding hydrogens is 375 g/mol. The maximum atomic E-state index is 13.0. The minimum atomic E-state index is -0.328. The fourth-order valence-corrected chi connectivity index (χ4v) is 2.51. The van der Waals surface area contributed by atoms with Gasteiger partial charge in [-0.2, -0.15) is 0 Å². The summed E-state index contributed by atoms with van der Waals surface area (Å²) in [7, 11) is 3.14. The Morgan fingerprint density at radius 1 is 1.03 bits per heavy atom. The molecule has 150 valence electrons. The number of nitrogens with zero attached hydrogens (tertiary/aromatic N) is 2. The van der Waals surface area contributed by atoms with Gasteiger partial charge in [-0.3, -0.25) is 0 Å². The normalized spacial score (nSPS) is 11.1. The molecule has 3 aromatic rings. The van der Waals surface area contributed by atoms with E-state index in [0.717, 1.165) is 11.3 Å². The Bertz CT molecular complexity index is 993. The van der Waals surface area contributed by atoms with Gasteiger partial charge in [0, 0.05) is 24.0 Å². The number of benzene rings is 2. The molecular formula is C21H21FN4O3. The van der Waals surface area contributed by atoms with E-state index in [0.29, 0.717) is 29.7 Å². The first-order valence-corrected chi connectivity index (χ1v) is 8.74. The summed E-state index contributed by atoms with van der Waals surface area (Å²) in [5.74, 6) is 2.01. The zero-order valence-corrected chi connectivity index (χ0v) is 16.1. The summed E-state index contributed by atoms with van der Waals surface area (Å²) in [5, 5.41) is 3.01. The standard InChI is InChI=1S/C21H21FN4O3/c1-27-18-8-5-16(12-19(18)28-2)26-21(23)25-13-14-9-10-24-20(11-14)29-17-6-3-15(22)4-7-17/h3-12H,13H2,1-2H3,(H3,23,25,26). The van der Waals surface area contributed by atoms with E-state index in [4.69, 9.17) is 19.9 Å². The van der Waals surface area contributed by atoms with Gasteiger partial charge in [0.05, 0.1) is 20.8 Å². The molecule has 0 aliphatic rings. The summed E-state index contributed by atoms with van der Waals surface area (Å²) in [6.07, 6.45) is 1.61. The number of rotatable bonds is 7. The van der Waals surface area contributed by atoms with Crippen LogP contribution in [0.1, 0.15) is 5.56 Å². The van der Waals surface area contributed by atoms with E-state index in [-0.39, 0.29) is 11.8 Å². The third-order valence-corrected chi connectivity index (χ3v) is 3.92. The number of anilines is 1. The summed E-state index contributed by atoms with van der Waals surface area (Å²) in [6.45, 7) is 0.328. The van der Waals surface area contributed by atoms with Crippen molar-refractivity contribution < 1.29 is 18.6 Å². The summed E-state index contributed by atoms with van der Waals surface area (Å²) in [5.41, 5.74) is 7.55. The smallest absolute Gasteiger partial charge is 0.219 e. The Kier molecular flexibility index (Phi) is 6.47. The Morgan fingerprint density at radius 2 is 1.79 bits per heavy atom. The van der Waals surface area contributed by atoms with Crippen LogP contribution in [-0.4, -0.2) is 25.2 Å². The number of methoxy groups -OCH3 is 2. The molecule has 0 aliphatic heterocycles. The Balaban J connectivity index is 1.64. The third kappa shape index (κ3) is 5.58. The molecule has 2 aromatic carbocycles. The summed E-state index contributed by atoms with van der Waals surface area (Å²) in [6, 6.07) is 14.6. The quantitative estimate of drug-likeness (QED) is 0.464. The zero-order valence-electron chi connectivity index (χ0n) is 16.1. The Hall–Kier alpha value is -3.81. The lowest BCUT2D eigenvalue weighted by atomic mass is 10.2.